The highest BCUT2D eigenvalue weighted by atomic mass is 35.5. The molecule has 5 atom stereocenters. The molecule has 77 heavy (non-hydrogen) atoms. The van der Waals surface area contributed by atoms with Crippen LogP contribution < -0.4 is 10.5 Å². The molecule has 0 bridgehead atoms. The van der Waals surface area contributed by atoms with E-state index in [1.165, 1.54) is 42.5 Å². The summed E-state index contributed by atoms with van der Waals surface area (Å²) in [5.41, 5.74) is 13.8. The zero-order valence-corrected chi connectivity index (χ0v) is 52.1. The molecule has 430 valence electrons. The third kappa shape index (κ3) is 26.9. The van der Waals surface area contributed by atoms with Crippen molar-refractivity contribution >= 4 is 78.9 Å². The van der Waals surface area contributed by atoms with Gasteiger partial charge in [-0.05, 0) is 200 Å². The summed E-state index contributed by atoms with van der Waals surface area (Å²) in [7, 11) is -2.41. The first-order valence-corrected chi connectivity index (χ1v) is 27.1. The molecule has 5 rings (SSSR count). The fourth-order valence-electron chi connectivity index (χ4n) is 6.46. The van der Waals surface area contributed by atoms with Gasteiger partial charge in [-0.25, -0.2) is 39.9 Å². The van der Waals surface area contributed by atoms with Crippen LogP contribution in [0.15, 0.2) is 100 Å². The highest BCUT2D eigenvalue weighted by Crippen LogP contribution is 2.24. The number of nitrogens with zero attached hydrogens (tertiary/aromatic N) is 2. The minimum Gasteiger partial charge on any atom is -0.324 e. The van der Waals surface area contributed by atoms with E-state index in [1.54, 1.807) is 84.0 Å². The lowest BCUT2D eigenvalue weighted by Gasteiger charge is -2.24. The Labute approximate surface area is 482 Å². The van der Waals surface area contributed by atoms with Gasteiger partial charge in [-0.2, -0.15) is 36.4 Å². The van der Waals surface area contributed by atoms with Gasteiger partial charge in [0.05, 0.1) is 32.2 Å². The van der Waals surface area contributed by atoms with E-state index in [-0.39, 0.29) is 102 Å². The van der Waals surface area contributed by atoms with Gasteiger partial charge in [0, 0.05) is 24.1 Å². The summed E-state index contributed by atoms with van der Waals surface area (Å²) >= 11 is 0. The largest absolute Gasteiger partial charge is 0.324 e. The number of hydrogen-bond acceptors (Lipinski definition) is 6. The van der Waals surface area contributed by atoms with E-state index in [0.29, 0.717) is 52.6 Å². The average molecular weight is 1170 g/mol. The van der Waals surface area contributed by atoms with Crippen molar-refractivity contribution in [2.24, 2.45) is 15.1 Å². The van der Waals surface area contributed by atoms with Crippen LogP contribution in [0.1, 0.15) is 187 Å². The maximum atomic E-state index is 13.2. The number of benzene rings is 5. The van der Waals surface area contributed by atoms with E-state index in [0.717, 1.165) is 40.8 Å². The molecule has 0 radical (unpaired) electrons. The number of Topliss-reactive ketones (excluding diaryl/α,β-unsaturated/α-hetero) is 1. The second-order valence-electron chi connectivity index (χ2n) is 19.6. The SMILES string of the molecule is CCC(=NS(=O)C(C)(C)C)c1ccc(F)c(C)c1.CCC(=O)c1ccc(F)c(C)c1.CC[C@@H](N)c1ccc(F)c(C)c1.CC[C@@H](N=C=O)c1ccc(F)c(C)c1.CC[C@@H](NS(=O)C(C)(C)C)c1ccc(F)c(C)c1.Cl.S.S. The van der Waals surface area contributed by atoms with Gasteiger partial charge in [0.15, 0.2) is 5.78 Å². The number of halogens is 6. The van der Waals surface area contributed by atoms with E-state index in [2.05, 4.69) is 14.1 Å². The van der Waals surface area contributed by atoms with Crippen LogP contribution in [0, 0.1) is 63.7 Å². The number of carbonyl (C=O) groups excluding carboxylic acids is 2. The molecular weight excluding hydrogens is 1090 g/mol. The minimum atomic E-state index is -1.29. The predicted octanol–water partition coefficient (Wildman–Crippen LogP) is 16.3. The normalized spacial score (nSPS) is 12.8. The molecule has 2 unspecified atom stereocenters. The molecule has 0 amide bonds. The molecular formula is C59H84ClF5N4O4S4. The molecule has 0 aliphatic heterocycles. The number of rotatable bonds is 14. The van der Waals surface area contributed by atoms with E-state index in [1.807, 2.05) is 81.4 Å². The lowest BCUT2D eigenvalue weighted by molar-refractivity contribution is 0.0988. The Bertz CT molecular complexity index is 2750. The van der Waals surface area contributed by atoms with Crippen LogP contribution in [0.4, 0.5) is 22.0 Å². The van der Waals surface area contributed by atoms with Crippen molar-refractivity contribution in [3.05, 3.63) is 176 Å². The van der Waals surface area contributed by atoms with E-state index in [9.17, 15) is 40.0 Å². The molecule has 0 spiro atoms. The molecule has 8 nitrogen and oxygen atoms in total. The molecule has 5 aromatic carbocycles. The van der Waals surface area contributed by atoms with Crippen LogP contribution in [0.2, 0.25) is 0 Å². The number of ketones is 1. The van der Waals surface area contributed by atoms with E-state index < -0.39 is 22.0 Å². The Morgan fingerprint density at radius 2 is 0.961 bits per heavy atom. The van der Waals surface area contributed by atoms with Gasteiger partial charge in [0.2, 0.25) is 6.08 Å². The van der Waals surface area contributed by atoms with Crippen LogP contribution >= 0.6 is 39.4 Å². The Morgan fingerprint density at radius 3 is 1.32 bits per heavy atom. The molecule has 5 aromatic rings. The lowest BCUT2D eigenvalue weighted by atomic mass is 10.0. The minimum absolute atomic E-state index is 0. The van der Waals surface area contributed by atoms with Crippen LogP contribution in [-0.2, 0) is 26.8 Å². The highest BCUT2D eigenvalue weighted by Gasteiger charge is 2.23. The van der Waals surface area contributed by atoms with Crippen LogP contribution in [0.5, 0.6) is 0 Å². The molecule has 0 saturated carbocycles. The van der Waals surface area contributed by atoms with Crippen LogP contribution in [0.25, 0.3) is 0 Å². The van der Waals surface area contributed by atoms with Crippen molar-refractivity contribution in [1.82, 2.24) is 4.72 Å². The first-order chi connectivity index (χ1) is 34.5. The van der Waals surface area contributed by atoms with Crippen molar-refractivity contribution < 1.29 is 40.0 Å². The molecule has 0 saturated heterocycles. The Balaban J connectivity index is -0.000000889. The molecule has 3 N–H and O–H groups in total. The van der Waals surface area contributed by atoms with Crippen LogP contribution in [0.3, 0.4) is 0 Å². The van der Waals surface area contributed by atoms with Gasteiger partial charge in [0.25, 0.3) is 0 Å². The fourth-order valence-corrected chi connectivity index (χ4v) is 8.08. The second-order valence-corrected chi connectivity index (χ2v) is 23.5. The Morgan fingerprint density at radius 1 is 0.571 bits per heavy atom. The van der Waals surface area contributed by atoms with Gasteiger partial charge in [0.1, 0.15) is 40.1 Å². The molecule has 0 aliphatic carbocycles. The maximum absolute atomic E-state index is 13.2. The zero-order chi connectivity index (χ0) is 56.7. The predicted molar refractivity (Wildman–Crippen MR) is 325 cm³/mol. The van der Waals surface area contributed by atoms with Gasteiger partial charge in [-0.15, -0.1) is 12.4 Å². The summed E-state index contributed by atoms with van der Waals surface area (Å²) in [5, 5.41) is 0. The van der Waals surface area contributed by atoms with Crippen molar-refractivity contribution in [3.63, 3.8) is 0 Å². The Hall–Kier alpha value is -4.32. The Kier molecular flexibility index (Phi) is 37.5. The first-order valence-electron chi connectivity index (χ1n) is 24.8. The number of carbonyl (C=O) groups is 1. The molecule has 18 heteroatoms. The van der Waals surface area contributed by atoms with Crippen molar-refractivity contribution in [2.45, 2.75) is 171 Å². The van der Waals surface area contributed by atoms with E-state index >= 15 is 0 Å². The summed E-state index contributed by atoms with van der Waals surface area (Å²) in [6, 6.07) is 23.9. The van der Waals surface area contributed by atoms with E-state index in [4.69, 9.17) is 5.73 Å². The zero-order valence-electron chi connectivity index (χ0n) is 47.6. The topological polar surface area (TPSA) is 131 Å². The molecule has 0 heterocycles. The standard InChI is InChI=1S/C14H22FNOS.C14H20FNOS.C11H12FNO.C10H14FN.C10H11FO.ClH.2H2S/c2*1-6-13(16-18(17)14(3,4)5)11-7-8-12(15)10(2)9-11;1-3-11(13-7-14)9-4-5-10(12)8(2)6-9;2*1-3-10(12)8-4-5-9(11)7(2)6-8;;;/h7-9,13,16H,6H2,1-5H3;7-9H,6H2,1-5H3;4-6,11H,3H2,1-2H3;4-6,10H,3,12H2,1-2H3;4-6H,3H2,1-2H3;1H;2*1H2/t13-,18?;;11-;10-;;;;/m1.11..../s1. The number of aryl methyl sites for hydroxylation is 5. The monoisotopic (exact) mass is 1170 g/mol. The van der Waals surface area contributed by atoms with Crippen molar-refractivity contribution in [2.75, 3.05) is 0 Å². The number of hydrogen-bond donors (Lipinski definition) is 2. The summed E-state index contributed by atoms with van der Waals surface area (Å²) in [6.07, 6.45) is 5.07. The van der Waals surface area contributed by atoms with Gasteiger partial charge >= 0.3 is 0 Å². The number of nitrogens with two attached hydrogens (primary N) is 1. The lowest BCUT2D eigenvalue weighted by Crippen LogP contribution is -2.35. The molecule has 0 aliphatic rings. The number of nitrogens with one attached hydrogen (secondary N) is 1. The summed E-state index contributed by atoms with van der Waals surface area (Å²) in [6.45, 7) is 29.7. The average Bonchev–Trinajstić information content (AvgIpc) is 3.35. The summed E-state index contributed by atoms with van der Waals surface area (Å²) in [5.74, 6) is -1.04. The fraction of sp³-hybridized carbons (Fsp3) is 0.441. The van der Waals surface area contributed by atoms with Gasteiger partial charge < -0.3 is 5.73 Å². The quantitative estimate of drug-likeness (QED) is 0.0495. The molecule has 0 aromatic heterocycles. The summed E-state index contributed by atoms with van der Waals surface area (Å²) in [4.78, 5) is 24.9. The van der Waals surface area contributed by atoms with Crippen LogP contribution in [-0.4, -0.2) is 35.5 Å². The second kappa shape index (κ2) is 37.5. The number of aliphatic imine (C=N–C) groups is 1. The van der Waals surface area contributed by atoms with Gasteiger partial charge in [-0.1, -0.05) is 77.1 Å². The third-order valence-corrected chi connectivity index (χ3v) is 14.4. The molecule has 0 fully saturated rings. The van der Waals surface area contributed by atoms with Gasteiger partial charge in [-0.3, -0.25) is 4.79 Å². The smallest absolute Gasteiger partial charge is 0.235 e. The highest BCUT2D eigenvalue weighted by molar-refractivity contribution is 7.85. The number of isocyanates is 1. The first kappa shape index (κ1) is 76.9. The summed E-state index contributed by atoms with van der Waals surface area (Å²) < 4.78 is 95.8. The van der Waals surface area contributed by atoms with Crippen molar-refractivity contribution in [1.29, 1.82) is 0 Å². The van der Waals surface area contributed by atoms with Crippen molar-refractivity contribution in [3.8, 4) is 0 Å². The third-order valence-electron chi connectivity index (χ3n) is 11.4. The maximum Gasteiger partial charge on any atom is 0.235 e.